The van der Waals surface area contributed by atoms with Crippen LogP contribution in [0.5, 0.6) is 11.5 Å². The van der Waals surface area contributed by atoms with E-state index in [1.54, 1.807) is 19.1 Å². The standard InChI is InChI=1S/C13H15BrN2O4/c1-3-18-11-5-9(6-17)4-10(14)13(11)19-7-12-15-8(2)16-20-12/h4-5,17H,3,6-7H2,1-2H3. The van der Waals surface area contributed by atoms with Crippen LogP contribution in [0.2, 0.25) is 0 Å². The average molecular weight is 343 g/mol. The summed E-state index contributed by atoms with van der Waals surface area (Å²) in [4.78, 5) is 4.07. The molecule has 7 heteroatoms. The van der Waals surface area contributed by atoms with Gasteiger partial charge in [-0.1, -0.05) is 5.16 Å². The highest BCUT2D eigenvalue weighted by Gasteiger charge is 2.14. The zero-order chi connectivity index (χ0) is 14.5. The Balaban J connectivity index is 2.20. The van der Waals surface area contributed by atoms with Gasteiger partial charge >= 0.3 is 0 Å². The van der Waals surface area contributed by atoms with Gasteiger partial charge in [-0.05, 0) is 47.5 Å². The Kier molecular flexibility index (Phi) is 4.97. The highest BCUT2D eigenvalue weighted by Crippen LogP contribution is 2.37. The zero-order valence-corrected chi connectivity index (χ0v) is 12.8. The third kappa shape index (κ3) is 3.49. The molecule has 0 saturated heterocycles. The van der Waals surface area contributed by atoms with E-state index in [1.165, 1.54) is 0 Å². The minimum atomic E-state index is -0.0677. The molecule has 108 valence electrons. The summed E-state index contributed by atoms with van der Waals surface area (Å²) in [5.41, 5.74) is 0.737. The minimum absolute atomic E-state index is 0.0677. The van der Waals surface area contributed by atoms with Crippen LogP contribution in [0.4, 0.5) is 0 Å². The first-order valence-electron chi connectivity index (χ1n) is 6.12. The third-order valence-corrected chi connectivity index (χ3v) is 3.05. The Morgan fingerprint density at radius 3 is 2.75 bits per heavy atom. The topological polar surface area (TPSA) is 77.6 Å². The van der Waals surface area contributed by atoms with E-state index in [0.717, 1.165) is 5.56 Å². The van der Waals surface area contributed by atoms with Crippen LogP contribution >= 0.6 is 15.9 Å². The third-order valence-electron chi connectivity index (χ3n) is 2.46. The Hall–Kier alpha value is -1.60. The highest BCUT2D eigenvalue weighted by molar-refractivity contribution is 9.10. The van der Waals surface area contributed by atoms with Crippen molar-refractivity contribution in [3.63, 3.8) is 0 Å². The maximum absolute atomic E-state index is 9.21. The van der Waals surface area contributed by atoms with Crippen LogP contribution in [0.3, 0.4) is 0 Å². The van der Waals surface area contributed by atoms with Crippen molar-refractivity contribution in [2.75, 3.05) is 6.61 Å². The average Bonchev–Trinajstić information content (AvgIpc) is 2.83. The highest BCUT2D eigenvalue weighted by atomic mass is 79.9. The fraction of sp³-hybridized carbons (Fsp3) is 0.385. The van der Waals surface area contributed by atoms with Crippen LogP contribution in [0, 0.1) is 6.92 Å². The van der Waals surface area contributed by atoms with Gasteiger partial charge in [-0.2, -0.15) is 4.98 Å². The van der Waals surface area contributed by atoms with Crippen molar-refractivity contribution in [1.29, 1.82) is 0 Å². The summed E-state index contributed by atoms with van der Waals surface area (Å²) in [5.74, 6) is 2.05. The summed E-state index contributed by atoms with van der Waals surface area (Å²) in [6, 6.07) is 3.51. The summed E-state index contributed by atoms with van der Waals surface area (Å²) < 4.78 is 16.9. The van der Waals surface area contributed by atoms with Gasteiger partial charge in [0.2, 0.25) is 0 Å². The van der Waals surface area contributed by atoms with E-state index >= 15 is 0 Å². The van der Waals surface area contributed by atoms with Crippen molar-refractivity contribution in [3.05, 3.63) is 33.9 Å². The summed E-state index contributed by atoms with van der Waals surface area (Å²) in [6.07, 6.45) is 0. The number of aliphatic hydroxyl groups is 1. The van der Waals surface area contributed by atoms with Crippen molar-refractivity contribution in [1.82, 2.24) is 10.1 Å². The lowest BCUT2D eigenvalue weighted by Crippen LogP contribution is -2.02. The molecule has 0 fully saturated rings. The van der Waals surface area contributed by atoms with Gasteiger partial charge in [0, 0.05) is 0 Å². The number of aliphatic hydroxyl groups excluding tert-OH is 1. The molecular formula is C13H15BrN2O4. The molecule has 0 unspecified atom stereocenters. The second-order valence-electron chi connectivity index (χ2n) is 4.02. The van der Waals surface area contributed by atoms with Gasteiger partial charge in [-0.15, -0.1) is 0 Å². The molecule has 1 aromatic carbocycles. The second kappa shape index (κ2) is 6.71. The molecule has 2 rings (SSSR count). The molecule has 0 aliphatic heterocycles. The van der Waals surface area contributed by atoms with Gasteiger partial charge in [0.25, 0.3) is 5.89 Å². The summed E-state index contributed by atoms with van der Waals surface area (Å²) in [7, 11) is 0. The molecule has 1 aromatic heterocycles. The number of aryl methyl sites for hydroxylation is 1. The Bertz CT molecular complexity index is 586. The first-order chi connectivity index (χ1) is 9.63. The fourth-order valence-corrected chi connectivity index (χ4v) is 2.25. The first kappa shape index (κ1) is 14.8. The number of nitrogens with zero attached hydrogens (tertiary/aromatic N) is 2. The number of rotatable bonds is 6. The van der Waals surface area contributed by atoms with E-state index in [2.05, 4.69) is 26.1 Å². The van der Waals surface area contributed by atoms with E-state index in [-0.39, 0.29) is 13.2 Å². The zero-order valence-electron chi connectivity index (χ0n) is 11.2. The summed E-state index contributed by atoms with van der Waals surface area (Å²) in [6.45, 7) is 4.20. The summed E-state index contributed by atoms with van der Waals surface area (Å²) >= 11 is 3.40. The van der Waals surface area contributed by atoms with Crippen LogP contribution in [-0.2, 0) is 13.2 Å². The molecule has 0 saturated carbocycles. The normalized spacial score (nSPS) is 10.6. The monoisotopic (exact) mass is 342 g/mol. The molecule has 0 spiro atoms. The van der Waals surface area contributed by atoms with Crippen molar-refractivity contribution >= 4 is 15.9 Å². The van der Waals surface area contributed by atoms with E-state index in [9.17, 15) is 5.11 Å². The van der Waals surface area contributed by atoms with Gasteiger partial charge in [-0.25, -0.2) is 0 Å². The Morgan fingerprint density at radius 1 is 1.35 bits per heavy atom. The lowest BCUT2D eigenvalue weighted by molar-refractivity contribution is 0.225. The predicted octanol–water partition coefficient (Wildman–Crippen LogP) is 2.61. The molecule has 0 bridgehead atoms. The largest absolute Gasteiger partial charge is 0.490 e. The quantitative estimate of drug-likeness (QED) is 0.869. The Morgan fingerprint density at radius 2 is 2.15 bits per heavy atom. The molecule has 20 heavy (non-hydrogen) atoms. The molecule has 1 heterocycles. The molecule has 0 amide bonds. The summed E-state index contributed by atoms with van der Waals surface area (Å²) in [5, 5.41) is 12.9. The number of ether oxygens (including phenoxy) is 2. The van der Waals surface area contributed by atoms with Crippen LogP contribution in [0.25, 0.3) is 0 Å². The van der Waals surface area contributed by atoms with Crippen LogP contribution in [0.15, 0.2) is 21.1 Å². The lowest BCUT2D eigenvalue weighted by Gasteiger charge is -2.13. The van der Waals surface area contributed by atoms with E-state index in [0.29, 0.717) is 34.3 Å². The molecule has 1 N–H and O–H groups in total. The molecule has 0 radical (unpaired) electrons. The number of halogens is 1. The SMILES string of the molecule is CCOc1cc(CO)cc(Br)c1OCc1nc(C)no1. The van der Waals surface area contributed by atoms with Crippen molar-refractivity contribution in [2.45, 2.75) is 27.1 Å². The number of hydrogen-bond acceptors (Lipinski definition) is 6. The fourth-order valence-electron chi connectivity index (χ4n) is 1.65. The Labute approximate surface area is 124 Å². The van der Waals surface area contributed by atoms with Gasteiger partial charge in [-0.3, -0.25) is 0 Å². The smallest absolute Gasteiger partial charge is 0.264 e. The van der Waals surface area contributed by atoms with Gasteiger partial charge in [0.1, 0.15) is 0 Å². The van der Waals surface area contributed by atoms with Crippen molar-refractivity contribution in [3.8, 4) is 11.5 Å². The number of hydrogen-bond donors (Lipinski definition) is 1. The first-order valence-corrected chi connectivity index (χ1v) is 6.91. The van der Waals surface area contributed by atoms with Crippen molar-refractivity contribution < 1.29 is 19.1 Å². The molecule has 6 nitrogen and oxygen atoms in total. The molecule has 0 aliphatic rings. The predicted molar refractivity (Wildman–Crippen MR) is 74.6 cm³/mol. The van der Waals surface area contributed by atoms with Gasteiger partial charge in [0.05, 0.1) is 17.7 Å². The molecule has 2 aromatic rings. The maximum Gasteiger partial charge on any atom is 0.264 e. The molecular weight excluding hydrogens is 328 g/mol. The van der Waals surface area contributed by atoms with Gasteiger partial charge in [0.15, 0.2) is 23.9 Å². The number of benzene rings is 1. The van der Waals surface area contributed by atoms with Crippen molar-refractivity contribution in [2.24, 2.45) is 0 Å². The lowest BCUT2D eigenvalue weighted by atomic mass is 10.2. The van der Waals surface area contributed by atoms with E-state index in [1.807, 2.05) is 6.92 Å². The van der Waals surface area contributed by atoms with E-state index < -0.39 is 0 Å². The van der Waals surface area contributed by atoms with Gasteiger partial charge < -0.3 is 19.1 Å². The molecule has 0 atom stereocenters. The minimum Gasteiger partial charge on any atom is -0.490 e. The molecule has 0 aliphatic carbocycles. The second-order valence-corrected chi connectivity index (χ2v) is 4.87. The maximum atomic E-state index is 9.21. The van der Waals surface area contributed by atoms with Crippen LogP contribution in [0.1, 0.15) is 24.2 Å². The van der Waals surface area contributed by atoms with E-state index in [4.69, 9.17) is 14.0 Å². The van der Waals surface area contributed by atoms with Crippen LogP contribution < -0.4 is 9.47 Å². The van der Waals surface area contributed by atoms with Crippen LogP contribution in [-0.4, -0.2) is 21.9 Å². The number of aromatic nitrogens is 2.